The van der Waals surface area contributed by atoms with Crippen molar-refractivity contribution in [3.8, 4) is 11.3 Å². The molecular weight excluding hydrogens is 298 g/mol. The lowest BCUT2D eigenvalue weighted by Crippen LogP contribution is -2.30. The Balaban J connectivity index is 1.83. The normalized spacial score (nSPS) is 16.5. The zero-order valence-electron chi connectivity index (χ0n) is 14.3. The molecule has 1 saturated heterocycles. The molecule has 0 atom stereocenters. The van der Waals surface area contributed by atoms with Gasteiger partial charge in [-0.05, 0) is 26.9 Å². The van der Waals surface area contributed by atoms with Gasteiger partial charge >= 0.3 is 0 Å². The third kappa shape index (κ3) is 2.87. The first kappa shape index (κ1) is 15.1. The van der Waals surface area contributed by atoms with Gasteiger partial charge in [0.2, 0.25) is 0 Å². The molecule has 4 rings (SSSR count). The first-order valence-corrected chi connectivity index (χ1v) is 8.57. The second kappa shape index (κ2) is 6.24. The average molecular weight is 321 g/mol. The Labute approximate surface area is 142 Å². The van der Waals surface area contributed by atoms with Crippen LogP contribution in [-0.4, -0.2) is 52.7 Å². The number of hydrogen-bond acceptors (Lipinski definition) is 4. The lowest BCUT2D eigenvalue weighted by atomic mass is 10.1. The predicted octanol–water partition coefficient (Wildman–Crippen LogP) is 2.85. The van der Waals surface area contributed by atoms with Crippen molar-refractivity contribution < 1.29 is 0 Å². The van der Waals surface area contributed by atoms with Crippen LogP contribution in [0.2, 0.25) is 0 Å². The van der Waals surface area contributed by atoms with Crippen molar-refractivity contribution in [1.82, 2.24) is 19.5 Å². The van der Waals surface area contributed by atoms with Crippen molar-refractivity contribution in [3.63, 3.8) is 0 Å². The number of benzene rings is 1. The first-order valence-electron chi connectivity index (χ1n) is 8.57. The zero-order valence-corrected chi connectivity index (χ0v) is 14.3. The van der Waals surface area contributed by atoms with E-state index in [9.17, 15) is 0 Å². The summed E-state index contributed by atoms with van der Waals surface area (Å²) < 4.78 is 1.99. The van der Waals surface area contributed by atoms with Crippen LogP contribution in [0.25, 0.3) is 16.9 Å². The SMILES string of the molecule is Cc1cc2nc(-c3ccccc3)cc(N3CCCN(C)CC3)n2n1. The molecule has 0 bridgehead atoms. The molecule has 3 aromatic rings. The second-order valence-corrected chi connectivity index (χ2v) is 6.57. The van der Waals surface area contributed by atoms with Gasteiger partial charge in [-0.3, -0.25) is 0 Å². The van der Waals surface area contributed by atoms with Crippen molar-refractivity contribution in [2.45, 2.75) is 13.3 Å². The van der Waals surface area contributed by atoms with Gasteiger partial charge in [0.25, 0.3) is 0 Å². The number of aromatic nitrogens is 3. The topological polar surface area (TPSA) is 36.7 Å². The minimum atomic E-state index is 0.918. The largest absolute Gasteiger partial charge is 0.355 e. The van der Waals surface area contributed by atoms with Crippen LogP contribution >= 0.6 is 0 Å². The molecule has 5 heteroatoms. The third-order valence-corrected chi connectivity index (χ3v) is 4.64. The van der Waals surface area contributed by atoms with Crippen LogP contribution in [0.1, 0.15) is 12.1 Å². The van der Waals surface area contributed by atoms with E-state index >= 15 is 0 Å². The molecule has 0 spiro atoms. The fourth-order valence-electron chi connectivity index (χ4n) is 3.33. The second-order valence-electron chi connectivity index (χ2n) is 6.57. The molecule has 1 aromatic carbocycles. The lowest BCUT2D eigenvalue weighted by Gasteiger charge is -2.23. The summed E-state index contributed by atoms with van der Waals surface area (Å²) in [7, 11) is 2.19. The van der Waals surface area contributed by atoms with E-state index in [2.05, 4.69) is 58.3 Å². The van der Waals surface area contributed by atoms with Crippen LogP contribution in [0.4, 0.5) is 5.82 Å². The Hall–Kier alpha value is -2.40. The summed E-state index contributed by atoms with van der Waals surface area (Å²) in [6.45, 7) is 6.31. The molecule has 0 unspecified atom stereocenters. The number of fused-ring (bicyclic) bond motifs is 1. The van der Waals surface area contributed by atoms with Gasteiger partial charge in [0, 0.05) is 37.3 Å². The van der Waals surface area contributed by atoms with Gasteiger partial charge in [0.1, 0.15) is 5.82 Å². The Kier molecular flexibility index (Phi) is 3.94. The van der Waals surface area contributed by atoms with Crippen molar-refractivity contribution in [3.05, 3.63) is 48.2 Å². The van der Waals surface area contributed by atoms with Crippen molar-refractivity contribution in [2.24, 2.45) is 0 Å². The van der Waals surface area contributed by atoms with Gasteiger partial charge < -0.3 is 9.80 Å². The van der Waals surface area contributed by atoms with Crippen LogP contribution in [0.15, 0.2) is 42.5 Å². The number of hydrogen-bond donors (Lipinski definition) is 0. The third-order valence-electron chi connectivity index (χ3n) is 4.64. The molecule has 0 radical (unpaired) electrons. The Morgan fingerprint density at radius 2 is 1.79 bits per heavy atom. The number of likely N-dealkylation sites (N-methyl/N-ethyl adjacent to an activating group) is 1. The van der Waals surface area contributed by atoms with Gasteiger partial charge in [-0.2, -0.15) is 9.61 Å². The van der Waals surface area contributed by atoms with Crippen LogP contribution in [-0.2, 0) is 0 Å². The molecule has 5 nitrogen and oxygen atoms in total. The summed E-state index contributed by atoms with van der Waals surface area (Å²) in [5.74, 6) is 1.14. The highest BCUT2D eigenvalue weighted by Gasteiger charge is 2.18. The van der Waals surface area contributed by atoms with Gasteiger partial charge in [0.05, 0.1) is 11.4 Å². The monoisotopic (exact) mass is 321 g/mol. The molecule has 1 aliphatic rings. The molecule has 0 N–H and O–H groups in total. The van der Waals surface area contributed by atoms with Gasteiger partial charge in [-0.15, -0.1) is 0 Å². The molecule has 0 saturated carbocycles. The van der Waals surface area contributed by atoms with Gasteiger partial charge in [-0.25, -0.2) is 4.98 Å². The first-order chi connectivity index (χ1) is 11.7. The summed E-state index contributed by atoms with van der Waals surface area (Å²) in [4.78, 5) is 9.66. The number of aryl methyl sites for hydroxylation is 1. The lowest BCUT2D eigenvalue weighted by molar-refractivity contribution is 0.360. The molecule has 0 aliphatic carbocycles. The van der Waals surface area contributed by atoms with E-state index in [0.29, 0.717) is 0 Å². The van der Waals surface area contributed by atoms with Crippen LogP contribution in [0, 0.1) is 6.92 Å². The van der Waals surface area contributed by atoms with Crippen molar-refractivity contribution in [2.75, 3.05) is 38.1 Å². The zero-order chi connectivity index (χ0) is 16.5. The quantitative estimate of drug-likeness (QED) is 0.727. The summed E-state index contributed by atoms with van der Waals surface area (Å²) in [6, 6.07) is 14.6. The Morgan fingerprint density at radius 1 is 0.958 bits per heavy atom. The predicted molar refractivity (Wildman–Crippen MR) is 97.5 cm³/mol. The number of rotatable bonds is 2. The van der Waals surface area contributed by atoms with E-state index in [1.807, 2.05) is 17.5 Å². The van der Waals surface area contributed by atoms with Crippen molar-refractivity contribution >= 4 is 11.5 Å². The van der Waals surface area contributed by atoms with E-state index in [0.717, 1.165) is 54.6 Å². The van der Waals surface area contributed by atoms with E-state index < -0.39 is 0 Å². The number of nitrogens with zero attached hydrogens (tertiary/aromatic N) is 5. The van der Waals surface area contributed by atoms with Gasteiger partial charge in [0.15, 0.2) is 5.65 Å². The average Bonchev–Trinajstić information content (AvgIpc) is 2.84. The maximum atomic E-state index is 4.82. The maximum Gasteiger partial charge on any atom is 0.158 e. The fourth-order valence-corrected chi connectivity index (χ4v) is 3.33. The van der Waals surface area contributed by atoms with E-state index in [1.165, 1.54) is 6.42 Å². The molecule has 1 fully saturated rings. The summed E-state index contributed by atoms with van der Waals surface area (Å²) in [6.07, 6.45) is 1.17. The van der Waals surface area contributed by atoms with Gasteiger partial charge in [-0.1, -0.05) is 30.3 Å². The Morgan fingerprint density at radius 3 is 2.62 bits per heavy atom. The summed E-state index contributed by atoms with van der Waals surface area (Å²) >= 11 is 0. The standard InChI is InChI=1S/C19H23N5/c1-15-13-18-20-17(16-7-4-3-5-8-16)14-19(24(18)21-15)23-10-6-9-22(2)11-12-23/h3-5,7-8,13-14H,6,9-12H2,1-2H3. The maximum absolute atomic E-state index is 4.82. The smallest absolute Gasteiger partial charge is 0.158 e. The highest BCUT2D eigenvalue weighted by molar-refractivity contribution is 5.67. The molecule has 124 valence electrons. The molecule has 3 heterocycles. The van der Waals surface area contributed by atoms with Crippen molar-refractivity contribution in [1.29, 1.82) is 0 Å². The molecule has 1 aliphatic heterocycles. The van der Waals surface area contributed by atoms with E-state index in [-0.39, 0.29) is 0 Å². The minimum absolute atomic E-state index is 0.918. The molecule has 2 aromatic heterocycles. The van der Waals surface area contributed by atoms with Crippen LogP contribution < -0.4 is 4.90 Å². The summed E-state index contributed by atoms with van der Waals surface area (Å²) in [5.41, 5.74) is 4.07. The fraction of sp³-hybridized carbons (Fsp3) is 0.368. The van der Waals surface area contributed by atoms with E-state index in [4.69, 9.17) is 4.98 Å². The number of anilines is 1. The van der Waals surface area contributed by atoms with Crippen LogP contribution in [0.5, 0.6) is 0 Å². The minimum Gasteiger partial charge on any atom is -0.355 e. The van der Waals surface area contributed by atoms with Crippen LogP contribution in [0.3, 0.4) is 0 Å². The molecular formula is C19H23N5. The highest BCUT2D eigenvalue weighted by atomic mass is 15.4. The summed E-state index contributed by atoms with van der Waals surface area (Å²) in [5, 5.41) is 4.67. The van der Waals surface area contributed by atoms with E-state index in [1.54, 1.807) is 0 Å². The Bertz CT molecular complexity index is 840. The highest BCUT2D eigenvalue weighted by Crippen LogP contribution is 2.25. The molecule has 0 amide bonds. The molecule has 24 heavy (non-hydrogen) atoms.